The molecule has 2 fully saturated rings. The van der Waals surface area contributed by atoms with Gasteiger partial charge in [0.25, 0.3) is 0 Å². The zero-order valence-corrected chi connectivity index (χ0v) is 54.9. The summed E-state index contributed by atoms with van der Waals surface area (Å²) in [5.74, 6) is -0.230. The molecule has 0 radical (unpaired) electrons. The van der Waals surface area contributed by atoms with Crippen molar-refractivity contribution < 1.29 is 64.6 Å². The highest BCUT2D eigenvalue weighted by Crippen LogP contribution is 2.30. The summed E-state index contributed by atoms with van der Waals surface area (Å²) < 4.78 is 22.9. The van der Waals surface area contributed by atoms with Crippen LogP contribution in [0.1, 0.15) is 341 Å². The minimum atomic E-state index is -1.79. The third-order valence-corrected chi connectivity index (χ3v) is 18.2. The smallest absolute Gasteiger partial charge is 0.220 e. The molecule has 2 rings (SSSR count). The monoisotopic (exact) mass is 1210 g/mol. The van der Waals surface area contributed by atoms with Gasteiger partial charge in [-0.1, -0.05) is 328 Å². The van der Waals surface area contributed by atoms with Crippen LogP contribution in [0.15, 0.2) is 12.2 Å². The Kier molecular flexibility index (Phi) is 53.2. The number of aliphatic hydroxyl groups excluding tert-OH is 8. The lowest BCUT2D eigenvalue weighted by molar-refractivity contribution is -0.359. The molecule has 2 saturated heterocycles. The Hall–Kier alpha value is -1.27. The molecule has 0 aromatic rings. The molecule has 2 aliphatic rings. The molecule has 2 heterocycles. The van der Waals surface area contributed by atoms with Gasteiger partial charge in [0.2, 0.25) is 5.91 Å². The van der Waals surface area contributed by atoms with E-state index >= 15 is 0 Å². The van der Waals surface area contributed by atoms with Crippen LogP contribution in [0.4, 0.5) is 0 Å². The number of unbranched alkanes of at least 4 members (excludes halogenated alkanes) is 48. The normalized spacial score (nSPS) is 23.5. The number of rotatable bonds is 61. The minimum Gasteiger partial charge on any atom is -0.394 e. The topological polar surface area (TPSA) is 228 Å². The molecular formula is C71H137NO13. The lowest BCUT2D eigenvalue weighted by atomic mass is 9.97. The molecule has 14 nitrogen and oxygen atoms in total. The highest BCUT2D eigenvalue weighted by atomic mass is 16.7. The summed E-state index contributed by atoms with van der Waals surface area (Å²) in [5.41, 5.74) is 0. The number of allylic oxidation sites excluding steroid dienone is 1. The van der Waals surface area contributed by atoms with Crippen LogP contribution in [-0.4, -0.2) is 140 Å². The van der Waals surface area contributed by atoms with Crippen LogP contribution in [0.5, 0.6) is 0 Å². The first kappa shape index (κ1) is 79.8. The number of carbonyl (C=O) groups excluding carboxylic acids is 1. The molecule has 0 aromatic carbocycles. The van der Waals surface area contributed by atoms with Crippen LogP contribution in [0.25, 0.3) is 0 Å². The van der Waals surface area contributed by atoms with Crippen LogP contribution < -0.4 is 5.32 Å². The predicted octanol–water partition coefficient (Wildman–Crippen LogP) is 15.0. The van der Waals surface area contributed by atoms with Crippen molar-refractivity contribution in [3.63, 3.8) is 0 Å². The second-order valence-electron chi connectivity index (χ2n) is 26.1. The van der Waals surface area contributed by atoms with E-state index in [1.165, 1.54) is 276 Å². The third-order valence-electron chi connectivity index (χ3n) is 18.2. The van der Waals surface area contributed by atoms with Gasteiger partial charge in [-0.25, -0.2) is 0 Å². The molecule has 85 heavy (non-hydrogen) atoms. The maximum atomic E-state index is 13.3. The fourth-order valence-electron chi connectivity index (χ4n) is 12.4. The molecule has 12 atom stereocenters. The number of hydrogen-bond donors (Lipinski definition) is 9. The van der Waals surface area contributed by atoms with Crippen molar-refractivity contribution in [1.82, 2.24) is 5.32 Å². The van der Waals surface area contributed by atoms with Crippen molar-refractivity contribution in [2.24, 2.45) is 0 Å². The maximum Gasteiger partial charge on any atom is 0.220 e. The van der Waals surface area contributed by atoms with Crippen molar-refractivity contribution in [2.45, 2.75) is 415 Å². The molecule has 504 valence electrons. The summed E-state index contributed by atoms with van der Waals surface area (Å²) in [4.78, 5) is 13.3. The molecular weight excluding hydrogens is 1070 g/mol. The Labute approximate surface area is 520 Å². The Bertz CT molecular complexity index is 1470. The highest BCUT2D eigenvalue weighted by Gasteiger charge is 2.51. The van der Waals surface area contributed by atoms with Crippen LogP contribution >= 0.6 is 0 Å². The van der Waals surface area contributed by atoms with Crippen LogP contribution in [-0.2, 0) is 23.7 Å². The fourth-order valence-corrected chi connectivity index (χ4v) is 12.4. The van der Waals surface area contributed by atoms with Gasteiger partial charge in [-0.05, 0) is 19.3 Å². The summed E-state index contributed by atoms with van der Waals surface area (Å²) in [6, 6.07) is -0.911. The van der Waals surface area contributed by atoms with Crippen molar-refractivity contribution in [2.75, 3.05) is 19.8 Å². The molecule has 2 aliphatic heterocycles. The van der Waals surface area contributed by atoms with Gasteiger partial charge in [-0.2, -0.15) is 0 Å². The Balaban J connectivity index is 1.66. The molecule has 0 aliphatic carbocycles. The van der Waals surface area contributed by atoms with E-state index in [1.807, 2.05) is 6.08 Å². The van der Waals surface area contributed by atoms with E-state index < -0.39 is 86.8 Å². The lowest BCUT2D eigenvalue weighted by Crippen LogP contribution is -2.65. The SMILES string of the molecule is CCCCCCCCCCCCCCCCCCCCCCCC/C=C/C(O)C(COC1OC(CO)C(OC2OC(CO)C(O)C(O)C2O)C(O)C1O)NC(=O)CCCCCCCCCCCCCCCCCCCCCCCCCCCCC. The number of hydrogen-bond acceptors (Lipinski definition) is 13. The van der Waals surface area contributed by atoms with Gasteiger partial charge in [-0.15, -0.1) is 0 Å². The van der Waals surface area contributed by atoms with Gasteiger partial charge in [-0.3, -0.25) is 4.79 Å². The average molecular weight is 1210 g/mol. The van der Waals surface area contributed by atoms with Crippen molar-refractivity contribution >= 4 is 5.91 Å². The van der Waals surface area contributed by atoms with E-state index in [-0.39, 0.29) is 18.9 Å². The number of nitrogens with one attached hydrogen (secondary N) is 1. The summed E-state index contributed by atoms with van der Waals surface area (Å²) >= 11 is 0. The molecule has 1 amide bonds. The molecule has 9 N–H and O–H groups in total. The largest absolute Gasteiger partial charge is 0.394 e. The fraction of sp³-hybridized carbons (Fsp3) is 0.958. The number of amides is 1. The van der Waals surface area contributed by atoms with Crippen LogP contribution in [0.3, 0.4) is 0 Å². The molecule has 0 saturated carbocycles. The molecule has 0 spiro atoms. The van der Waals surface area contributed by atoms with E-state index in [0.717, 1.165) is 44.9 Å². The average Bonchev–Trinajstić information content (AvgIpc) is 3.68. The van der Waals surface area contributed by atoms with Gasteiger partial charge in [0.05, 0.1) is 32.0 Å². The minimum absolute atomic E-state index is 0.230. The summed E-state index contributed by atoms with van der Waals surface area (Å²) in [6.45, 7) is 2.87. The molecule has 14 heteroatoms. The van der Waals surface area contributed by atoms with E-state index in [1.54, 1.807) is 6.08 Å². The van der Waals surface area contributed by atoms with E-state index in [0.29, 0.717) is 0 Å². The van der Waals surface area contributed by atoms with E-state index in [2.05, 4.69) is 19.2 Å². The zero-order valence-electron chi connectivity index (χ0n) is 54.9. The van der Waals surface area contributed by atoms with Crippen molar-refractivity contribution in [1.29, 1.82) is 0 Å². The first-order valence-corrected chi connectivity index (χ1v) is 36.4. The lowest BCUT2D eigenvalue weighted by Gasteiger charge is -2.46. The zero-order chi connectivity index (χ0) is 61.6. The first-order valence-electron chi connectivity index (χ1n) is 36.4. The van der Waals surface area contributed by atoms with Crippen LogP contribution in [0.2, 0.25) is 0 Å². The van der Waals surface area contributed by atoms with Gasteiger partial charge < -0.3 is 65.1 Å². The molecule has 12 unspecified atom stereocenters. The van der Waals surface area contributed by atoms with Crippen molar-refractivity contribution in [3.05, 3.63) is 12.2 Å². The van der Waals surface area contributed by atoms with Crippen molar-refractivity contribution in [3.8, 4) is 0 Å². The van der Waals surface area contributed by atoms with E-state index in [4.69, 9.17) is 18.9 Å². The standard InChI is InChI=1S/C71H137NO13/c1-3-5-7-9-11-13-15-17-19-21-23-25-27-29-30-31-33-35-37-39-41-43-45-47-49-51-53-55-63(76)72-59(58-82-70-68(81)66(79)69(62(57-74)84-70)85-71-67(80)65(78)64(77)61(56-73)83-71)60(75)54-52-50-48-46-44-42-40-38-36-34-32-28-26-24-22-20-18-16-14-12-10-8-6-4-2/h52,54,59-62,64-71,73-75,77-81H,3-51,53,55-58H2,1-2H3,(H,72,76)/b54-52+. The second-order valence-corrected chi connectivity index (χ2v) is 26.1. The molecule has 0 aromatic heterocycles. The maximum absolute atomic E-state index is 13.3. The number of carbonyl (C=O) groups is 1. The predicted molar refractivity (Wildman–Crippen MR) is 346 cm³/mol. The van der Waals surface area contributed by atoms with E-state index in [9.17, 15) is 45.6 Å². The molecule has 0 bridgehead atoms. The number of aliphatic hydroxyl groups is 8. The Morgan fingerprint density at radius 2 is 0.729 bits per heavy atom. The van der Waals surface area contributed by atoms with Gasteiger partial charge in [0.1, 0.15) is 48.8 Å². The van der Waals surface area contributed by atoms with Gasteiger partial charge in [0.15, 0.2) is 12.6 Å². The first-order chi connectivity index (χ1) is 41.6. The highest BCUT2D eigenvalue weighted by molar-refractivity contribution is 5.76. The summed E-state index contributed by atoms with van der Waals surface area (Å²) in [7, 11) is 0. The van der Waals surface area contributed by atoms with Gasteiger partial charge >= 0.3 is 0 Å². The summed E-state index contributed by atoms with van der Waals surface area (Å²) in [5, 5.41) is 87.5. The van der Waals surface area contributed by atoms with Gasteiger partial charge in [0, 0.05) is 6.42 Å². The van der Waals surface area contributed by atoms with Crippen LogP contribution in [0, 0.1) is 0 Å². The quantitative estimate of drug-likeness (QED) is 0.0204. The number of ether oxygens (including phenoxy) is 4. The Morgan fingerprint density at radius 1 is 0.412 bits per heavy atom. The Morgan fingerprint density at radius 3 is 1.08 bits per heavy atom. The third kappa shape index (κ3) is 41.0. The summed E-state index contributed by atoms with van der Waals surface area (Å²) in [6.07, 6.45) is 52.7. The second kappa shape index (κ2) is 56.7.